The normalized spacial score (nSPS) is 10.4. The van der Waals surface area contributed by atoms with Crippen molar-refractivity contribution in [2.45, 2.75) is 6.61 Å². The van der Waals surface area contributed by atoms with E-state index in [0.717, 1.165) is 5.56 Å². The Morgan fingerprint density at radius 2 is 1.91 bits per heavy atom. The van der Waals surface area contributed by atoms with E-state index in [2.05, 4.69) is 5.16 Å². The zero-order valence-corrected chi connectivity index (χ0v) is 11.6. The lowest BCUT2D eigenvalue weighted by atomic mass is 10.2. The van der Waals surface area contributed by atoms with Crippen molar-refractivity contribution < 1.29 is 19.2 Å². The zero-order chi connectivity index (χ0) is 15.4. The number of esters is 1. The number of nitrogens with zero attached hydrogens (tertiary/aromatic N) is 1. The van der Waals surface area contributed by atoms with Crippen LogP contribution in [0.15, 0.2) is 65.2 Å². The first-order valence-corrected chi connectivity index (χ1v) is 6.69. The molecule has 0 amide bonds. The molecule has 22 heavy (non-hydrogen) atoms. The van der Waals surface area contributed by atoms with Gasteiger partial charge in [0.2, 0.25) is 0 Å². The zero-order valence-electron chi connectivity index (χ0n) is 11.6. The summed E-state index contributed by atoms with van der Waals surface area (Å²) in [4.78, 5) is 11.9. The first kappa shape index (κ1) is 13.9. The minimum Gasteiger partial charge on any atom is -0.508 e. The molecule has 0 fully saturated rings. The Balaban J connectivity index is 1.65. The Morgan fingerprint density at radius 1 is 1.09 bits per heavy atom. The molecule has 0 atom stereocenters. The van der Waals surface area contributed by atoms with Crippen LogP contribution in [0.1, 0.15) is 16.1 Å². The van der Waals surface area contributed by atoms with Crippen molar-refractivity contribution in [3.05, 3.63) is 71.9 Å². The second-order valence-electron chi connectivity index (χ2n) is 4.67. The molecule has 1 aromatic heterocycles. The van der Waals surface area contributed by atoms with Crippen molar-refractivity contribution >= 4 is 5.97 Å². The number of carbonyl (C=O) groups excluding carboxylic acids is 1. The lowest BCUT2D eigenvalue weighted by Gasteiger charge is -2.02. The molecule has 0 aliphatic heterocycles. The van der Waals surface area contributed by atoms with Gasteiger partial charge in [0.25, 0.3) is 0 Å². The molecular weight excluding hydrogens is 282 g/mol. The van der Waals surface area contributed by atoms with Crippen LogP contribution in [0.5, 0.6) is 5.75 Å². The molecule has 0 saturated carbocycles. The summed E-state index contributed by atoms with van der Waals surface area (Å²) < 4.78 is 10.4. The SMILES string of the molecule is O=C(OCc1cc(-c2ccccc2)on1)c1cccc(O)c1. The predicted octanol–water partition coefficient (Wildman–Crippen LogP) is 3.40. The second-order valence-corrected chi connectivity index (χ2v) is 4.67. The van der Waals surface area contributed by atoms with E-state index in [4.69, 9.17) is 9.26 Å². The number of hydrogen-bond donors (Lipinski definition) is 1. The Kier molecular flexibility index (Phi) is 3.87. The van der Waals surface area contributed by atoms with Gasteiger partial charge >= 0.3 is 5.97 Å². The highest BCUT2D eigenvalue weighted by atomic mass is 16.5. The van der Waals surface area contributed by atoms with E-state index in [9.17, 15) is 9.90 Å². The van der Waals surface area contributed by atoms with Gasteiger partial charge in [0.1, 0.15) is 18.1 Å². The highest BCUT2D eigenvalue weighted by Crippen LogP contribution is 2.20. The highest BCUT2D eigenvalue weighted by molar-refractivity contribution is 5.89. The standard InChI is InChI=1S/C17H13NO4/c19-15-8-4-7-13(9-15)17(20)21-11-14-10-16(22-18-14)12-5-2-1-3-6-12/h1-10,19H,11H2. The predicted molar refractivity (Wildman–Crippen MR) is 79.2 cm³/mol. The summed E-state index contributed by atoms with van der Waals surface area (Å²) in [5, 5.41) is 13.2. The Bertz CT molecular complexity index is 780. The quantitative estimate of drug-likeness (QED) is 0.747. The first-order valence-electron chi connectivity index (χ1n) is 6.69. The summed E-state index contributed by atoms with van der Waals surface area (Å²) >= 11 is 0. The van der Waals surface area contributed by atoms with Crippen LogP contribution >= 0.6 is 0 Å². The van der Waals surface area contributed by atoms with E-state index in [1.807, 2.05) is 30.3 Å². The molecule has 5 nitrogen and oxygen atoms in total. The van der Waals surface area contributed by atoms with E-state index in [0.29, 0.717) is 11.5 Å². The molecule has 0 spiro atoms. The van der Waals surface area contributed by atoms with Gasteiger partial charge in [0.15, 0.2) is 5.76 Å². The molecule has 3 rings (SSSR count). The van der Waals surface area contributed by atoms with Crippen molar-refractivity contribution in [3.8, 4) is 17.1 Å². The molecule has 0 radical (unpaired) electrons. The number of aromatic hydroxyl groups is 1. The van der Waals surface area contributed by atoms with Crippen molar-refractivity contribution in [2.75, 3.05) is 0 Å². The van der Waals surface area contributed by atoms with Gasteiger partial charge in [-0.05, 0) is 18.2 Å². The van der Waals surface area contributed by atoms with E-state index in [1.165, 1.54) is 12.1 Å². The van der Waals surface area contributed by atoms with Gasteiger partial charge in [-0.25, -0.2) is 4.79 Å². The maximum absolute atomic E-state index is 11.9. The lowest BCUT2D eigenvalue weighted by Crippen LogP contribution is -2.05. The van der Waals surface area contributed by atoms with Crippen molar-refractivity contribution in [2.24, 2.45) is 0 Å². The van der Waals surface area contributed by atoms with Gasteiger partial charge in [0, 0.05) is 11.6 Å². The summed E-state index contributed by atoms with van der Waals surface area (Å²) in [5.41, 5.74) is 1.71. The second kappa shape index (κ2) is 6.13. The fourth-order valence-corrected chi connectivity index (χ4v) is 1.97. The van der Waals surface area contributed by atoms with Crippen LogP contribution in [0, 0.1) is 0 Å². The summed E-state index contributed by atoms with van der Waals surface area (Å²) in [6.45, 7) is 0.00478. The number of phenolic OH excluding ortho intramolecular Hbond substituents is 1. The summed E-state index contributed by atoms with van der Waals surface area (Å²) in [6, 6.07) is 17.2. The van der Waals surface area contributed by atoms with Crippen molar-refractivity contribution in [1.29, 1.82) is 0 Å². The maximum atomic E-state index is 11.9. The van der Waals surface area contributed by atoms with Crippen molar-refractivity contribution in [1.82, 2.24) is 5.16 Å². The van der Waals surface area contributed by atoms with E-state index in [-0.39, 0.29) is 17.9 Å². The number of phenols is 1. The number of carbonyl (C=O) groups is 1. The van der Waals surface area contributed by atoms with Gasteiger partial charge in [-0.1, -0.05) is 41.6 Å². The van der Waals surface area contributed by atoms with Crippen LogP contribution < -0.4 is 0 Å². The van der Waals surface area contributed by atoms with Crippen LogP contribution in [0.25, 0.3) is 11.3 Å². The Hall–Kier alpha value is -3.08. The molecule has 110 valence electrons. The fraction of sp³-hybridized carbons (Fsp3) is 0.0588. The third kappa shape index (κ3) is 3.15. The minimum absolute atomic E-state index is 0.00478. The monoisotopic (exact) mass is 295 g/mol. The molecule has 0 aliphatic rings. The molecule has 3 aromatic rings. The molecule has 0 saturated heterocycles. The fourth-order valence-electron chi connectivity index (χ4n) is 1.97. The van der Waals surface area contributed by atoms with Crippen molar-refractivity contribution in [3.63, 3.8) is 0 Å². The van der Waals surface area contributed by atoms with Gasteiger partial charge in [0.05, 0.1) is 5.56 Å². The van der Waals surface area contributed by atoms with Crippen LogP contribution in [0.3, 0.4) is 0 Å². The largest absolute Gasteiger partial charge is 0.508 e. The topological polar surface area (TPSA) is 72.6 Å². The van der Waals surface area contributed by atoms with E-state index in [1.54, 1.807) is 18.2 Å². The molecule has 1 N–H and O–H groups in total. The molecule has 0 unspecified atom stereocenters. The van der Waals surface area contributed by atoms with Gasteiger partial charge in [-0.3, -0.25) is 0 Å². The average molecular weight is 295 g/mol. The number of ether oxygens (including phenoxy) is 1. The number of hydrogen-bond acceptors (Lipinski definition) is 5. The highest BCUT2D eigenvalue weighted by Gasteiger charge is 2.11. The Labute approximate surface area is 126 Å². The molecular formula is C17H13NO4. The molecule has 0 bridgehead atoms. The van der Waals surface area contributed by atoms with Gasteiger partial charge in [-0.2, -0.15) is 0 Å². The van der Waals surface area contributed by atoms with Crippen LogP contribution in [-0.2, 0) is 11.3 Å². The van der Waals surface area contributed by atoms with Gasteiger partial charge < -0.3 is 14.4 Å². The summed E-state index contributed by atoms with van der Waals surface area (Å²) in [6.07, 6.45) is 0. The third-order valence-electron chi connectivity index (χ3n) is 3.05. The number of rotatable bonds is 4. The van der Waals surface area contributed by atoms with Crippen LogP contribution in [0.4, 0.5) is 0 Å². The van der Waals surface area contributed by atoms with Crippen LogP contribution in [0.2, 0.25) is 0 Å². The average Bonchev–Trinajstić information content (AvgIpc) is 3.02. The van der Waals surface area contributed by atoms with Crippen LogP contribution in [-0.4, -0.2) is 16.2 Å². The smallest absolute Gasteiger partial charge is 0.338 e. The number of aromatic nitrogens is 1. The molecule has 0 aliphatic carbocycles. The molecule has 1 heterocycles. The van der Waals surface area contributed by atoms with Gasteiger partial charge in [-0.15, -0.1) is 0 Å². The Morgan fingerprint density at radius 3 is 2.68 bits per heavy atom. The van der Waals surface area contributed by atoms with E-state index >= 15 is 0 Å². The summed E-state index contributed by atoms with van der Waals surface area (Å²) in [7, 11) is 0. The first-order chi connectivity index (χ1) is 10.7. The molecule has 2 aromatic carbocycles. The minimum atomic E-state index is -0.528. The number of benzene rings is 2. The van der Waals surface area contributed by atoms with E-state index < -0.39 is 5.97 Å². The summed E-state index contributed by atoms with van der Waals surface area (Å²) in [5.74, 6) is 0.103. The maximum Gasteiger partial charge on any atom is 0.338 e. The third-order valence-corrected chi connectivity index (χ3v) is 3.05. The lowest BCUT2D eigenvalue weighted by molar-refractivity contribution is 0.0464. The molecule has 5 heteroatoms.